The Labute approximate surface area is 157 Å². The van der Waals surface area contributed by atoms with Gasteiger partial charge in [-0.05, 0) is 37.0 Å². The molecule has 2 fully saturated rings. The number of nitrogens with one attached hydrogen (secondary N) is 1. The highest BCUT2D eigenvalue weighted by Crippen LogP contribution is 2.28. The quantitative estimate of drug-likeness (QED) is 0.770. The van der Waals surface area contributed by atoms with Crippen molar-refractivity contribution >= 4 is 19.7 Å². The third-order valence-electron chi connectivity index (χ3n) is 5.66. The molecule has 0 amide bonds. The van der Waals surface area contributed by atoms with Crippen LogP contribution in [0.3, 0.4) is 0 Å². The number of sulfone groups is 2. The lowest BCUT2D eigenvalue weighted by molar-refractivity contribution is 0.408. The van der Waals surface area contributed by atoms with Crippen molar-refractivity contribution in [2.45, 2.75) is 74.1 Å². The highest BCUT2D eigenvalue weighted by atomic mass is 32.2. The summed E-state index contributed by atoms with van der Waals surface area (Å²) in [4.78, 5) is 0.226. The number of rotatable bonds is 5. The number of hydrogen-bond donors (Lipinski definition) is 1. The summed E-state index contributed by atoms with van der Waals surface area (Å²) >= 11 is 0. The predicted octanol–water partition coefficient (Wildman–Crippen LogP) is 2.50. The Hall–Kier alpha value is -0.920. The van der Waals surface area contributed by atoms with Gasteiger partial charge in [-0.2, -0.15) is 0 Å². The number of hydrogen-bond acceptors (Lipinski definition) is 5. The van der Waals surface area contributed by atoms with Crippen molar-refractivity contribution in [2.75, 3.05) is 11.5 Å². The molecule has 0 radical (unpaired) electrons. The van der Waals surface area contributed by atoms with E-state index in [0.717, 1.165) is 37.7 Å². The molecule has 1 N–H and O–H groups in total. The molecule has 1 heterocycles. The molecule has 1 aliphatic carbocycles. The van der Waals surface area contributed by atoms with E-state index in [1.807, 2.05) is 19.1 Å². The largest absolute Gasteiger partial charge is 0.309 e. The van der Waals surface area contributed by atoms with Crippen LogP contribution in [0.5, 0.6) is 0 Å². The average Bonchev–Trinajstić information content (AvgIpc) is 2.77. The molecule has 1 saturated heterocycles. The average molecular weight is 400 g/mol. The molecule has 0 aromatic heterocycles. The van der Waals surface area contributed by atoms with Gasteiger partial charge in [-0.15, -0.1) is 0 Å². The zero-order chi connectivity index (χ0) is 18.8. The molecule has 2 unspecified atom stereocenters. The minimum Gasteiger partial charge on any atom is -0.309 e. The van der Waals surface area contributed by atoms with Gasteiger partial charge in [-0.3, -0.25) is 0 Å². The molecule has 1 saturated carbocycles. The molecular weight excluding hydrogens is 370 g/mol. The predicted molar refractivity (Wildman–Crippen MR) is 104 cm³/mol. The summed E-state index contributed by atoms with van der Waals surface area (Å²) in [5, 5.41) is 2.50. The SMILES string of the molecule is CCc1ccc(S(=O)(=O)C2CS(=O)(=O)CC2NC2CCCCCC2)cc1. The zero-order valence-corrected chi connectivity index (χ0v) is 17.0. The third kappa shape index (κ3) is 4.49. The van der Waals surface area contributed by atoms with E-state index in [1.165, 1.54) is 12.8 Å². The van der Waals surface area contributed by atoms with Crippen LogP contribution in [-0.2, 0) is 26.1 Å². The van der Waals surface area contributed by atoms with Gasteiger partial charge in [0.25, 0.3) is 0 Å². The normalized spacial score (nSPS) is 27.3. The molecular formula is C19H29NO4S2. The Morgan fingerprint density at radius 2 is 1.62 bits per heavy atom. The Bertz CT molecular complexity index is 808. The minimum atomic E-state index is -3.69. The molecule has 5 nitrogen and oxygen atoms in total. The van der Waals surface area contributed by atoms with Crippen LogP contribution in [0.2, 0.25) is 0 Å². The van der Waals surface area contributed by atoms with Gasteiger partial charge < -0.3 is 5.32 Å². The van der Waals surface area contributed by atoms with Gasteiger partial charge >= 0.3 is 0 Å². The van der Waals surface area contributed by atoms with E-state index in [-0.39, 0.29) is 22.4 Å². The second-order valence-corrected chi connectivity index (χ2v) is 11.9. The van der Waals surface area contributed by atoms with Crippen molar-refractivity contribution in [3.8, 4) is 0 Å². The molecule has 0 bridgehead atoms. The molecule has 146 valence electrons. The topological polar surface area (TPSA) is 80.3 Å². The summed E-state index contributed by atoms with van der Waals surface area (Å²) in [6.45, 7) is 2.01. The first-order valence-corrected chi connectivity index (χ1v) is 13.0. The highest BCUT2D eigenvalue weighted by Gasteiger charge is 2.46. The van der Waals surface area contributed by atoms with Gasteiger partial charge in [0.15, 0.2) is 19.7 Å². The fraction of sp³-hybridized carbons (Fsp3) is 0.684. The van der Waals surface area contributed by atoms with Crippen LogP contribution >= 0.6 is 0 Å². The molecule has 1 aromatic carbocycles. The smallest absolute Gasteiger partial charge is 0.183 e. The minimum absolute atomic E-state index is 0.0829. The van der Waals surface area contributed by atoms with E-state index < -0.39 is 31.0 Å². The van der Waals surface area contributed by atoms with Gasteiger partial charge in [0, 0.05) is 12.1 Å². The number of aryl methyl sites for hydroxylation is 1. The van der Waals surface area contributed by atoms with E-state index in [2.05, 4.69) is 5.32 Å². The van der Waals surface area contributed by atoms with Crippen molar-refractivity contribution in [3.05, 3.63) is 29.8 Å². The van der Waals surface area contributed by atoms with Crippen molar-refractivity contribution in [1.29, 1.82) is 0 Å². The lowest BCUT2D eigenvalue weighted by Gasteiger charge is -2.25. The monoisotopic (exact) mass is 399 g/mol. The molecule has 1 aromatic rings. The summed E-state index contributed by atoms with van der Waals surface area (Å²) in [5.74, 6) is -0.365. The van der Waals surface area contributed by atoms with Gasteiger partial charge in [-0.1, -0.05) is 44.7 Å². The Balaban J connectivity index is 1.84. The lowest BCUT2D eigenvalue weighted by Crippen LogP contribution is -2.47. The Morgan fingerprint density at radius 3 is 2.19 bits per heavy atom. The van der Waals surface area contributed by atoms with E-state index in [4.69, 9.17) is 0 Å². The molecule has 3 rings (SSSR count). The van der Waals surface area contributed by atoms with Crippen LogP contribution in [-0.4, -0.2) is 45.7 Å². The molecule has 0 spiro atoms. The van der Waals surface area contributed by atoms with Crippen molar-refractivity contribution in [3.63, 3.8) is 0 Å². The van der Waals surface area contributed by atoms with Crippen LogP contribution < -0.4 is 5.32 Å². The van der Waals surface area contributed by atoms with Crippen molar-refractivity contribution in [2.24, 2.45) is 0 Å². The van der Waals surface area contributed by atoms with Crippen LogP contribution in [0, 0.1) is 0 Å². The summed E-state index contributed by atoms with van der Waals surface area (Å²) < 4.78 is 50.7. The second-order valence-electron chi connectivity index (χ2n) is 7.62. The van der Waals surface area contributed by atoms with Crippen LogP contribution in [0.4, 0.5) is 0 Å². The molecule has 2 aliphatic rings. The van der Waals surface area contributed by atoms with Gasteiger partial charge in [0.2, 0.25) is 0 Å². The number of benzene rings is 1. The van der Waals surface area contributed by atoms with Gasteiger partial charge in [0.1, 0.15) is 0 Å². The van der Waals surface area contributed by atoms with Crippen LogP contribution in [0.15, 0.2) is 29.2 Å². The van der Waals surface area contributed by atoms with Gasteiger partial charge in [-0.25, -0.2) is 16.8 Å². The maximum Gasteiger partial charge on any atom is 0.183 e. The summed E-state index contributed by atoms with van der Waals surface area (Å²) in [6, 6.07) is 6.55. The van der Waals surface area contributed by atoms with E-state index in [0.29, 0.717) is 0 Å². The van der Waals surface area contributed by atoms with E-state index >= 15 is 0 Å². The first-order chi connectivity index (χ1) is 12.3. The maximum absolute atomic E-state index is 13.1. The van der Waals surface area contributed by atoms with Crippen molar-refractivity contribution < 1.29 is 16.8 Å². The Morgan fingerprint density at radius 1 is 1.00 bits per heavy atom. The third-order valence-corrected chi connectivity index (χ3v) is 9.83. The van der Waals surface area contributed by atoms with E-state index in [9.17, 15) is 16.8 Å². The van der Waals surface area contributed by atoms with Crippen LogP contribution in [0.25, 0.3) is 0 Å². The zero-order valence-electron chi connectivity index (χ0n) is 15.4. The van der Waals surface area contributed by atoms with Crippen molar-refractivity contribution in [1.82, 2.24) is 5.32 Å². The fourth-order valence-corrected chi connectivity index (χ4v) is 8.79. The highest BCUT2D eigenvalue weighted by molar-refractivity contribution is 7.96. The fourth-order valence-electron chi connectivity index (χ4n) is 4.12. The van der Waals surface area contributed by atoms with Gasteiger partial charge in [0.05, 0.1) is 21.7 Å². The summed E-state index contributed by atoms with van der Waals surface area (Å²) in [5.41, 5.74) is 1.07. The summed E-state index contributed by atoms with van der Waals surface area (Å²) in [7, 11) is -7.04. The van der Waals surface area contributed by atoms with Crippen LogP contribution in [0.1, 0.15) is 51.0 Å². The molecule has 2 atom stereocenters. The molecule has 1 aliphatic heterocycles. The standard InChI is InChI=1S/C19H29NO4S2/c1-2-15-9-11-17(12-10-15)26(23,24)19-14-25(21,22)13-18(19)20-16-7-5-3-4-6-8-16/h9-12,16,18-20H,2-8,13-14H2,1H3. The first-order valence-electron chi connectivity index (χ1n) is 9.61. The lowest BCUT2D eigenvalue weighted by atomic mass is 10.1. The summed E-state index contributed by atoms with van der Waals surface area (Å²) in [6.07, 6.45) is 7.46. The maximum atomic E-state index is 13.1. The first kappa shape index (κ1) is 19.8. The molecule has 26 heavy (non-hydrogen) atoms. The molecule has 7 heteroatoms. The second kappa shape index (κ2) is 7.98. The Kier molecular flexibility index (Phi) is 6.09. The van der Waals surface area contributed by atoms with E-state index in [1.54, 1.807) is 12.1 Å².